The van der Waals surface area contributed by atoms with Gasteiger partial charge >= 0.3 is 5.97 Å². The van der Waals surface area contributed by atoms with Crippen LogP contribution in [0.25, 0.3) is 4.85 Å². The Hall–Kier alpha value is -1.54. The minimum atomic E-state index is -0.440. The maximum absolute atomic E-state index is 11.5. The molecule has 80 valence electrons. The minimum absolute atomic E-state index is 0.255. The zero-order valence-corrected chi connectivity index (χ0v) is 9.48. The van der Waals surface area contributed by atoms with Gasteiger partial charge in [-0.3, -0.25) is 0 Å². The van der Waals surface area contributed by atoms with Crippen molar-refractivity contribution in [3.05, 3.63) is 21.2 Å². The quantitative estimate of drug-likeness (QED) is 0.634. The highest BCUT2D eigenvalue weighted by molar-refractivity contribution is 7.15. The van der Waals surface area contributed by atoms with Gasteiger partial charge in [0.1, 0.15) is 4.88 Å². The molecule has 0 aliphatic heterocycles. The van der Waals surface area contributed by atoms with E-state index in [1.807, 2.05) is 6.92 Å². The van der Waals surface area contributed by atoms with E-state index in [-0.39, 0.29) is 5.69 Å². The Kier molecular flexibility index (Phi) is 3.69. The van der Waals surface area contributed by atoms with Crippen LogP contribution in [0.1, 0.15) is 28.4 Å². The molecule has 1 heterocycles. The summed E-state index contributed by atoms with van der Waals surface area (Å²) in [6, 6.07) is 0. The molecule has 1 rings (SSSR count). The largest absolute Gasteiger partial charge is 0.462 e. The molecule has 2 N–H and O–H groups in total. The van der Waals surface area contributed by atoms with Gasteiger partial charge in [0, 0.05) is 4.88 Å². The van der Waals surface area contributed by atoms with E-state index >= 15 is 0 Å². The topological polar surface area (TPSA) is 56.7 Å². The van der Waals surface area contributed by atoms with Crippen LogP contribution in [0, 0.1) is 6.57 Å². The van der Waals surface area contributed by atoms with Gasteiger partial charge in [-0.2, -0.15) is 0 Å². The summed E-state index contributed by atoms with van der Waals surface area (Å²) >= 11 is 1.25. The summed E-state index contributed by atoms with van der Waals surface area (Å²) in [6.45, 7) is 11.0. The molecule has 4 nitrogen and oxygen atoms in total. The van der Waals surface area contributed by atoms with Crippen LogP contribution in [0.2, 0.25) is 0 Å². The second kappa shape index (κ2) is 4.80. The zero-order valence-electron chi connectivity index (χ0n) is 8.66. The molecule has 0 fully saturated rings. The fraction of sp³-hybridized carbons (Fsp3) is 0.400. The van der Waals surface area contributed by atoms with E-state index in [4.69, 9.17) is 17.0 Å². The first kappa shape index (κ1) is 11.5. The predicted octanol–water partition coefficient (Wildman–Crippen LogP) is 2.62. The van der Waals surface area contributed by atoms with E-state index in [0.717, 1.165) is 4.88 Å². The summed E-state index contributed by atoms with van der Waals surface area (Å²) in [6.07, 6.45) is 0.700. The Morgan fingerprint density at radius 3 is 2.67 bits per heavy atom. The number of carbonyl (C=O) groups excluding carboxylic acids is 1. The van der Waals surface area contributed by atoms with Gasteiger partial charge < -0.3 is 10.5 Å². The van der Waals surface area contributed by atoms with Gasteiger partial charge in [0.05, 0.1) is 18.9 Å². The van der Waals surface area contributed by atoms with Crippen LogP contribution >= 0.6 is 11.3 Å². The van der Waals surface area contributed by atoms with E-state index in [1.165, 1.54) is 11.3 Å². The SMILES string of the molecule is [C-]#[N+]c1c(CC)sc(C(=O)OCC)c1N. The van der Waals surface area contributed by atoms with Crippen molar-refractivity contribution in [2.45, 2.75) is 20.3 Å². The van der Waals surface area contributed by atoms with Crippen LogP contribution in [0.15, 0.2) is 0 Å². The molecule has 1 aromatic rings. The number of aryl methyl sites for hydroxylation is 1. The highest BCUT2D eigenvalue weighted by Crippen LogP contribution is 2.38. The number of rotatable bonds is 3. The molecule has 1 aromatic heterocycles. The summed E-state index contributed by atoms with van der Waals surface area (Å²) in [7, 11) is 0. The van der Waals surface area contributed by atoms with Crippen LogP contribution < -0.4 is 5.73 Å². The number of nitrogens with two attached hydrogens (primary N) is 1. The summed E-state index contributed by atoms with van der Waals surface area (Å²) < 4.78 is 4.85. The third-order valence-electron chi connectivity index (χ3n) is 1.88. The molecular weight excluding hydrogens is 212 g/mol. The summed E-state index contributed by atoms with van der Waals surface area (Å²) in [5.74, 6) is -0.440. The average molecular weight is 224 g/mol. The number of thiophene rings is 1. The molecule has 0 saturated carbocycles. The molecule has 0 bridgehead atoms. The van der Waals surface area contributed by atoms with E-state index < -0.39 is 5.97 Å². The monoisotopic (exact) mass is 224 g/mol. The molecule has 0 aliphatic rings. The third kappa shape index (κ3) is 2.10. The van der Waals surface area contributed by atoms with Crippen LogP contribution in [-0.2, 0) is 11.2 Å². The van der Waals surface area contributed by atoms with Crippen molar-refractivity contribution in [2.24, 2.45) is 0 Å². The molecule has 0 aromatic carbocycles. The molecule has 15 heavy (non-hydrogen) atoms. The van der Waals surface area contributed by atoms with Gasteiger partial charge in [0.15, 0.2) is 0 Å². The van der Waals surface area contributed by atoms with Crippen molar-refractivity contribution >= 4 is 28.7 Å². The molecule has 0 radical (unpaired) electrons. The molecule has 0 aliphatic carbocycles. The normalized spacial score (nSPS) is 9.67. The van der Waals surface area contributed by atoms with Crippen molar-refractivity contribution in [1.82, 2.24) is 0 Å². The van der Waals surface area contributed by atoms with Gasteiger partial charge in [-0.15, -0.1) is 11.3 Å². The number of nitrogens with zero attached hydrogens (tertiary/aromatic N) is 1. The Labute approximate surface area is 92.5 Å². The number of ether oxygens (including phenoxy) is 1. The van der Waals surface area contributed by atoms with Crippen LogP contribution in [0.4, 0.5) is 11.4 Å². The van der Waals surface area contributed by atoms with Crippen molar-refractivity contribution in [1.29, 1.82) is 0 Å². The lowest BCUT2D eigenvalue weighted by molar-refractivity contribution is 0.0533. The fourth-order valence-corrected chi connectivity index (χ4v) is 2.19. The molecular formula is C10H12N2O2S. The number of esters is 1. The molecule has 0 saturated heterocycles. The lowest BCUT2D eigenvalue weighted by atomic mass is 10.3. The van der Waals surface area contributed by atoms with E-state index in [1.54, 1.807) is 6.92 Å². The van der Waals surface area contributed by atoms with Crippen molar-refractivity contribution < 1.29 is 9.53 Å². The second-order valence-electron chi connectivity index (χ2n) is 2.80. The van der Waals surface area contributed by atoms with Gasteiger partial charge in [-0.05, 0) is 13.3 Å². The fourth-order valence-electron chi connectivity index (χ4n) is 1.19. The first-order chi connectivity index (χ1) is 7.15. The first-order valence-electron chi connectivity index (χ1n) is 4.61. The Morgan fingerprint density at radius 2 is 2.27 bits per heavy atom. The summed E-state index contributed by atoms with van der Waals surface area (Å²) in [4.78, 5) is 16.0. The highest BCUT2D eigenvalue weighted by Gasteiger charge is 2.20. The maximum atomic E-state index is 11.5. The average Bonchev–Trinajstić information content (AvgIpc) is 2.55. The number of carbonyl (C=O) groups is 1. The molecule has 0 amide bonds. The zero-order chi connectivity index (χ0) is 11.4. The number of hydrogen-bond donors (Lipinski definition) is 1. The maximum Gasteiger partial charge on any atom is 0.349 e. The van der Waals surface area contributed by atoms with Gasteiger partial charge in [0.25, 0.3) is 0 Å². The van der Waals surface area contributed by atoms with E-state index in [0.29, 0.717) is 23.6 Å². The second-order valence-corrected chi connectivity index (χ2v) is 3.91. The lowest BCUT2D eigenvalue weighted by Gasteiger charge is -1.99. The molecule has 0 spiro atoms. The lowest BCUT2D eigenvalue weighted by Crippen LogP contribution is -2.04. The van der Waals surface area contributed by atoms with Gasteiger partial charge in [0.2, 0.25) is 5.69 Å². The standard InChI is InChI=1S/C10H12N2O2S/c1-4-6-8(12-3)7(11)9(15-6)10(13)14-5-2/h4-5,11H2,1-2H3. The van der Waals surface area contributed by atoms with Crippen molar-refractivity contribution in [3.8, 4) is 0 Å². The number of nitrogen functional groups attached to an aromatic ring is 1. The molecule has 0 unspecified atom stereocenters. The Bertz CT molecular complexity index is 418. The minimum Gasteiger partial charge on any atom is -0.462 e. The van der Waals surface area contributed by atoms with Crippen molar-refractivity contribution in [3.63, 3.8) is 0 Å². The first-order valence-corrected chi connectivity index (χ1v) is 5.43. The Morgan fingerprint density at radius 1 is 1.60 bits per heavy atom. The van der Waals surface area contributed by atoms with E-state index in [2.05, 4.69) is 4.85 Å². The van der Waals surface area contributed by atoms with Crippen LogP contribution in [-0.4, -0.2) is 12.6 Å². The molecule has 5 heteroatoms. The molecule has 0 atom stereocenters. The predicted molar refractivity (Wildman–Crippen MR) is 60.3 cm³/mol. The summed E-state index contributed by atoms with van der Waals surface area (Å²) in [5, 5.41) is 0. The van der Waals surface area contributed by atoms with Crippen molar-refractivity contribution in [2.75, 3.05) is 12.3 Å². The van der Waals surface area contributed by atoms with Crippen LogP contribution in [0.3, 0.4) is 0 Å². The van der Waals surface area contributed by atoms with Crippen LogP contribution in [0.5, 0.6) is 0 Å². The van der Waals surface area contributed by atoms with Gasteiger partial charge in [-0.1, -0.05) is 6.92 Å². The number of hydrogen-bond acceptors (Lipinski definition) is 4. The summed E-state index contributed by atoms with van der Waals surface area (Å²) in [5.41, 5.74) is 6.37. The van der Waals surface area contributed by atoms with E-state index in [9.17, 15) is 4.79 Å². The number of anilines is 1. The highest BCUT2D eigenvalue weighted by atomic mass is 32.1. The third-order valence-corrected chi connectivity index (χ3v) is 3.20. The smallest absolute Gasteiger partial charge is 0.349 e. The van der Waals surface area contributed by atoms with Gasteiger partial charge in [-0.25, -0.2) is 9.64 Å². The Balaban J connectivity index is 3.16.